The van der Waals surface area contributed by atoms with Crippen molar-refractivity contribution in [2.75, 3.05) is 19.9 Å². The summed E-state index contributed by atoms with van der Waals surface area (Å²) in [5.41, 5.74) is 2.67. The summed E-state index contributed by atoms with van der Waals surface area (Å²) in [6.45, 7) is 3.42. The van der Waals surface area contributed by atoms with Crippen molar-refractivity contribution >= 4 is 0 Å². The van der Waals surface area contributed by atoms with Crippen molar-refractivity contribution in [3.63, 3.8) is 0 Å². The molecule has 2 heterocycles. The molecule has 0 radical (unpaired) electrons. The predicted molar refractivity (Wildman–Crippen MR) is 66.0 cm³/mol. The van der Waals surface area contributed by atoms with Crippen LogP contribution in [0.4, 0.5) is 0 Å². The molecule has 1 aromatic rings. The first kappa shape index (κ1) is 11.1. The Morgan fingerprint density at radius 2 is 2.12 bits per heavy atom. The highest BCUT2D eigenvalue weighted by molar-refractivity contribution is 5.40. The number of piperidine rings is 1. The number of fused-ring (bicyclic) bond motifs is 1. The molecule has 0 spiro atoms. The molecule has 2 aliphatic rings. The average molecular weight is 233 g/mol. The topological polar surface area (TPSA) is 30.5 Å². The van der Waals surface area contributed by atoms with Crippen molar-refractivity contribution in [2.24, 2.45) is 5.92 Å². The van der Waals surface area contributed by atoms with E-state index < -0.39 is 0 Å². The van der Waals surface area contributed by atoms with Crippen LogP contribution in [-0.2, 0) is 17.8 Å². The molecule has 1 N–H and O–H groups in total. The van der Waals surface area contributed by atoms with Gasteiger partial charge in [-0.05, 0) is 49.9 Å². The summed E-state index contributed by atoms with van der Waals surface area (Å²) >= 11 is 0. The SMILES string of the molecule is c1cc(CC2CCNCC2)c2c(c1)OCOC2. The molecule has 0 aromatic heterocycles. The quantitative estimate of drug-likeness (QED) is 0.848. The highest BCUT2D eigenvalue weighted by Gasteiger charge is 2.19. The van der Waals surface area contributed by atoms with Crippen LogP contribution in [-0.4, -0.2) is 19.9 Å². The third-order valence-corrected chi connectivity index (χ3v) is 3.74. The van der Waals surface area contributed by atoms with E-state index >= 15 is 0 Å². The van der Waals surface area contributed by atoms with Crippen LogP contribution in [0, 0.1) is 5.92 Å². The van der Waals surface area contributed by atoms with Crippen molar-refractivity contribution in [2.45, 2.75) is 25.9 Å². The molecule has 0 saturated carbocycles. The van der Waals surface area contributed by atoms with Crippen molar-refractivity contribution in [1.82, 2.24) is 5.32 Å². The second kappa shape index (κ2) is 5.07. The second-order valence-corrected chi connectivity index (χ2v) is 4.90. The van der Waals surface area contributed by atoms with E-state index in [0.29, 0.717) is 13.4 Å². The van der Waals surface area contributed by atoms with Crippen LogP contribution in [0.1, 0.15) is 24.0 Å². The average Bonchev–Trinajstić information content (AvgIpc) is 2.40. The van der Waals surface area contributed by atoms with Gasteiger partial charge in [0.1, 0.15) is 5.75 Å². The third kappa shape index (κ3) is 2.45. The zero-order valence-corrected chi connectivity index (χ0v) is 10.1. The van der Waals surface area contributed by atoms with Gasteiger partial charge >= 0.3 is 0 Å². The van der Waals surface area contributed by atoms with Crippen molar-refractivity contribution in [1.29, 1.82) is 0 Å². The van der Waals surface area contributed by atoms with E-state index in [4.69, 9.17) is 9.47 Å². The first-order valence-electron chi connectivity index (χ1n) is 6.45. The number of ether oxygens (including phenoxy) is 2. The molecule has 1 fully saturated rings. The number of rotatable bonds is 2. The summed E-state index contributed by atoms with van der Waals surface area (Å²) in [5.74, 6) is 1.83. The first-order valence-corrected chi connectivity index (χ1v) is 6.45. The van der Waals surface area contributed by atoms with Gasteiger partial charge in [-0.3, -0.25) is 0 Å². The van der Waals surface area contributed by atoms with Crippen LogP contribution in [0.5, 0.6) is 5.75 Å². The standard InChI is InChI=1S/C14H19NO2/c1-2-12(8-11-4-6-15-7-5-11)13-9-16-10-17-14(13)3-1/h1-3,11,15H,4-10H2. The van der Waals surface area contributed by atoms with Gasteiger partial charge in [0, 0.05) is 5.56 Å². The molecule has 3 rings (SSSR count). The zero-order chi connectivity index (χ0) is 11.5. The molecular weight excluding hydrogens is 214 g/mol. The molecule has 0 bridgehead atoms. The lowest BCUT2D eigenvalue weighted by Crippen LogP contribution is -2.29. The predicted octanol–water partition coefficient (Wildman–Crippen LogP) is 2.10. The fourth-order valence-electron chi connectivity index (χ4n) is 2.75. The molecule has 2 aliphatic heterocycles. The summed E-state index contributed by atoms with van der Waals surface area (Å²) in [4.78, 5) is 0. The summed E-state index contributed by atoms with van der Waals surface area (Å²) in [6.07, 6.45) is 3.73. The number of hydrogen-bond donors (Lipinski definition) is 1. The largest absolute Gasteiger partial charge is 0.467 e. The maximum absolute atomic E-state index is 5.52. The third-order valence-electron chi connectivity index (χ3n) is 3.74. The van der Waals surface area contributed by atoms with Gasteiger partial charge in [-0.1, -0.05) is 12.1 Å². The van der Waals surface area contributed by atoms with Gasteiger partial charge in [-0.25, -0.2) is 0 Å². The summed E-state index contributed by atoms with van der Waals surface area (Å²) in [6, 6.07) is 6.36. The molecular formula is C14H19NO2. The fraction of sp³-hybridized carbons (Fsp3) is 0.571. The van der Waals surface area contributed by atoms with Crippen LogP contribution in [0.15, 0.2) is 18.2 Å². The molecule has 1 aromatic carbocycles. The van der Waals surface area contributed by atoms with Gasteiger partial charge in [0.15, 0.2) is 6.79 Å². The van der Waals surface area contributed by atoms with Crippen LogP contribution < -0.4 is 10.1 Å². The number of benzene rings is 1. The molecule has 3 nitrogen and oxygen atoms in total. The lowest BCUT2D eigenvalue weighted by atomic mass is 9.89. The summed E-state index contributed by atoms with van der Waals surface area (Å²) in [5, 5.41) is 3.41. The minimum Gasteiger partial charge on any atom is -0.467 e. The Morgan fingerprint density at radius 1 is 1.24 bits per heavy atom. The second-order valence-electron chi connectivity index (χ2n) is 4.90. The van der Waals surface area contributed by atoms with E-state index in [-0.39, 0.29) is 0 Å². The molecule has 0 aliphatic carbocycles. The summed E-state index contributed by atoms with van der Waals surface area (Å²) < 4.78 is 10.9. The Balaban J connectivity index is 1.77. The maximum atomic E-state index is 5.52. The van der Waals surface area contributed by atoms with Crippen molar-refractivity contribution in [3.05, 3.63) is 29.3 Å². The molecule has 0 amide bonds. The highest BCUT2D eigenvalue weighted by Crippen LogP contribution is 2.29. The minimum atomic E-state index is 0.393. The minimum absolute atomic E-state index is 0.393. The van der Waals surface area contributed by atoms with Gasteiger partial charge in [-0.2, -0.15) is 0 Å². The van der Waals surface area contributed by atoms with Gasteiger partial charge in [0.25, 0.3) is 0 Å². The molecule has 92 valence electrons. The van der Waals surface area contributed by atoms with Gasteiger partial charge in [0.2, 0.25) is 0 Å². The normalized spacial score (nSPS) is 20.7. The van der Waals surface area contributed by atoms with Crippen LogP contribution >= 0.6 is 0 Å². The number of hydrogen-bond acceptors (Lipinski definition) is 3. The van der Waals surface area contributed by atoms with E-state index in [2.05, 4.69) is 17.4 Å². The Labute approximate surface area is 102 Å². The van der Waals surface area contributed by atoms with E-state index in [1.807, 2.05) is 6.07 Å². The van der Waals surface area contributed by atoms with Crippen molar-refractivity contribution in [3.8, 4) is 5.75 Å². The first-order chi connectivity index (χ1) is 8.43. The van der Waals surface area contributed by atoms with E-state index in [0.717, 1.165) is 31.2 Å². The smallest absolute Gasteiger partial charge is 0.189 e. The fourth-order valence-corrected chi connectivity index (χ4v) is 2.75. The Morgan fingerprint density at radius 3 is 3.00 bits per heavy atom. The lowest BCUT2D eigenvalue weighted by molar-refractivity contribution is -0.0169. The molecule has 1 saturated heterocycles. The monoisotopic (exact) mass is 233 g/mol. The zero-order valence-electron chi connectivity index (χ0n) is 10.1. The van der Waals surface area contributed by atoms with E-state index in [1.54, 1.807) is 0 Å². The van der Waals surface area contributed by atoms with E-state index in [9.17, 15) is 0 Å². The summed E-state index contributed by atoms with van der Waals surface area (Å²) in [7, 11) is 0. The van der Waals surface area contributed by atoms with Crippen LogP contribution in [0.3, 0.4) is 0 Å². The molecule has 3 heteroatoms. The molecule has 0 unspecified atom stereocenters. The number of nitrogens with one attached hydrogen (secondary N) is 1. The van der Waals surface area contributed by atoms with Gasteiger partial charge < -0.3 is 14.8 Å². The molecule has 17 heavy (non-hydrogen) atoms. The van der Waals surface area contributed by atoms with Crippen LogP contribution in [0.25, 0.3) is 0 Å². The Kier molecular flexibility index (Phi) is 3.29. The maximum Gasteiger partial charge on any atom is 0.189 e. The van der Waals surface area contributed by atoms with Gasteiger partial charge in [0.05, 0.1) is 6.61 Å². The van der Waals surface area contributed by atoms with E-state index in [1.165, 1.54) is 24.0 Å². The Hall–Kier alpha value is -1.06. The van der Waals surface area contributed by atoms with Crippen LogP contribution in [0.2, 0.25) is 0 Å². The highest BCUT2D eigenvalue weighted by atomic mass is 16.7. The van der Waals surface area contributed by atoms with Gasteiger partial charge in [-0.15, -0.1) is 0 Å². The van der Waals surface area contributed by atoms with Crippen molar-refractivity contribution < 1.29 is 9.47 Å². The molecule has 0 atom stereocenters. The lowest BCUT2D eigenvalue weighted by Gasteiger charge is -2.25. The Bertz CT molecular complexity index is 386.